The van der Waals surface area contributed by atoms with Crippen molar-refractivity contribution in [2.24, 2.45) is 0 Å². The zero-order valence-electron chi connectivity index (χ0n) is 19.1. The molecule has 0 bridgehead atoms. The van der Waals surface area contributed by atoms with Crippen LogP contribution in [0.15, 0.2) is 102 Å². The van der Waals surface area contributed by atoms with Gasteiger partial charge < -0.3 is 5.32 Å². The Kier molecular flexibility index (Phi) is 8.19. The van der Waals surface area contributed by atoms with Gasteiger partial charge in [0.1, 0.15) is 6.54 Å². The summed E-state index contributed by atoms with van der Waals surface area (Å²) in [5, 5.41) is 3.32. The molecule has 0 saturated heterocycles. The van der Waals surface area contributed by atoms with Crippen molar-refractivity contribution < 1.29 is 18.0 Å². The molecule has 0 unspecified atom stereocenters. The van der Waals surface area contributed by atoms with Gasteiger partial charge in [0.05, 0.1) is 26.3 Å². The maximum absolute atomic E-state index is 13.5. The zero-order chi connectivity index (χ0) is 26.6. The number of hydrogen-bond donors (Lipinski definition) is 1. The highest BCUT2D eigenvalue weighted by molar-refractivity contribution is 7.92. The van der Waals surface area contributed by atoms with Gasteiger partial charge in [0.2, 0.25) is 5.91 Å². The summed E-state index contributed by atoms with van der Waals surface area (Å²) in [4.78, 5) is 26.3. The molecule has 0 spiro atoms. The third-order valence-electron chi connectivity index (χ3n) is 5.35. The number of carbonyl (C=O) groups is 2. The van der Waals surface area contributed by atoms with E-state index in [1.807, 2.05) is 0 Å². The number of nitrogens with zero attached hydrogens (tertiary/aromatic N) is 1. The molecule has 0 aliphatic rings. The minimum Gasteiger partial charge on any atom is -0.324 e. The van der Waals surface area contributed by atoms with Gasteiger partial charge in [0.15, 0.2) is 5.78 Å². The molecule has 1 N–H and O–H groups in total. The van der Waals surface area contributed by atoms with Gasteiger partial charge in [-0.15, -0.1) is 0 Å². The Morgan fingerprint density at radius 2 is 1.41 bits per heavy atom. The number of benzene rings is 4. The molecule has 4 aromatic carbocycles. The molecule has 0 heterocycles. The van der Waals surface area contributed by atoms with Crippen LogP contribution >= 0.6 is 34.8 Å². The molecule has 0 atom stereocenters. The van der Waals surface area contributed by atoms with Crippen LogP contribution in [0.2, 0.25) is 15.1 Å². The fourth-order valence-electron chi connectivity index (χ4n) is 3.55. The lowest BCUT2D eigenvalue weighted by atomic mass is 10.0. The van der Waals surface area contributed by atoms with Gasteiger partial charge in [-0.2, -0.15) is 0 Å². The van der Waals surface area contributed by atoms with E-state index in [1.165, 1.54) is 48.5 Å². The first kappa shape index (κ1) is 26.7. The molecule has 0 saturated carbocycles. The quantitative estimate of drug-likeness (QED) is 0.237. The van der Waals surface area contributed by atoms with E-state index in [4.69, 9.17) is 34.8 Å². The molecule has 4 aromatic rings. The van der Waals surface area contributed by atoms with Crippen LogP contribution in [0, 0.1) is 0 Å². The van der Waals surface area contributed by atoms with Crippen LogP contribution < -0.4 is 9.62 Å². The van der Waals surface area contributed by atoms with E-state index >= 15 is 0 Å². The molecule has 188 valence electrons. The Bertz CT molecular complexity index is 1560. The van der Waals surface area contributed by atoms with Crippen molar-refractivity contribution in [3.05, 3.63) is 123 Å². The van der Waals surface area contributed by atoms with E-state index in [2.05, 4.69) is 5.32 Å². The second kappa shape index (κ2) is 11.4. The highest BCUT2D eigenvalue weighted by Crippen LogP contribution is 2.31. The maximum Gasteiger partial charge on any atom is 0.264 e. The Hall–Kier alpha value is -3.36. The van der Waals surface area contributed by atoms with Crippen molar-refractivity contribution in [3.63, 3.8) is 0 Å². The molecule has 4 rings (SSSR count). The van der Waals surface area contributed by atoms with Crippen LogP contribution in [-0.2, 0) is 14.8 Å². The van der Waals surface area contributed by atoms with Crippen LogP contribution in [0.4, 0.5) is 11.4 Å². The summed E-state index contributed by atoms with van der Waals surface area (Å²) in [6, 6.07) is 24.9. The molecule has 6 nitrogen and oxygen atoms in total. The molecule has 0 aromatic heterocycles. The standard InChI is InChI=1S/C27H19Cl3N2O4S/c28-19-11-14-25(22(15-19)27(34)18-7-3-1-4-8-18)31-26(33)17-32(20-12-13-23(29)24(30)16-20)37(35,36)21-9-5-2-6-10-21/h1-16H,17H2,(H,31,33). The second-order valence-corrected chi connectivity index (χ2v) is 11.0. The highest BCUT2D eigenvalue weighted by atomic mass is 35.5. The predicted octanol–water partition coefficient (Wildman–Crippen LogP) is 6.71. The zero-order valence-corrected chi connectivity index (χ0v) is 22.2. The van der Waals surface area contributed by atoms with Crippen LogP contribution in [-0.4, -0.2) is 26.7 Å². The Morgan fingerprint density at radius 1 is 0.757 bits per heavy atom. The topological polar surface area (TPSA) is 83.6 Å². The summed E-state index contributed by atoms with van der Waals surface area (Å²) in [6.45, 7) is -0.600. The summed E-state index contributed by atoms with van der Waals surface area (Å²) in [5.41, 5.74) is 0.906. The van der Waals surface area contributed by atoms with E-state index in [0.717, 1.165) is 4.31 Å². The van der Waals surface area contributed by atoms with Crippen molar-refractivity contribution >= 4 is 67.9 Å². The van der Waals surface area contributed by atoms with Gasteiger partial charge in [-0.25, -0.2) is 8.42 Å². The summed E-state index contributed by atoms with van der Waals surface area (Å²) in [6.07, 6.45) is 0. The summed E-state index contributed by atoms with van der Waals surface area (Å²) in [7, 11) is -4.16. The number of sulfonamides is 1. The summed E-state index contributed by atoms with van der Waals surface area (Å²) >= 11 is 18.3. The average molecular weight is 574 g/mol. The van der Waals surface area contributed by atoms with E-state index in [9.17, 15) is 18.0 Å². The first-order valence-electron chi connectivity index (χ1n) is 10.9. The minimum absolute atomic E-state index is 0.0136. The van der Waals surface area contributed by atoms with E-state index < -0.39 is 22.5 Å². The molecule has 1 amide bonds. The van der Waals surface area contributed by atoms with Gasteiger partial charge in [-0.3, -0.25) is 13.9 Å². The first-order valence-corrected chi connectivity index (χ1v) is 13.5. The van der Waals surface area contributed by atoms with E-state index in [1.54, 1.807) is 48.5 Å². The number of ketones is 1. The number of nitrogens with one attached hydrogen (secondary N) is 1. The lowest BCUT2D eigenvalue weighted by Crippen LogP contribution is -2.38. The Balaban J connectivity index is 1.68. The van der Waals surface area contributed by atoms with Crippen LogP contribution in [0.1, 0.15) is 15.9 Å². The monoisotopic (exact) mass is 572 g/mol. The number of halogens is 3. The smallest absolute Gasteiger partial charge is 0.264 e. The molecule has 10 heteroatoms. The number of hydrogen-bond acceptors (Lipinski definition) is 4. The third kappa shape index (κ3) is 6.14. The van der Waals surface area contributed by atoms with Gasteiger partial charge in [-0.05, 0) is 48.5 Å². The van der Waals surface area contributed by atoms with E-state index in [0.29, 0.717) is 10.6 Å². The van der Waals surface area contributed by atoms with Gasteiger partial charge in [-0.1, -0.05) is 83.3 Å². The molecule has 0 fully saturated rings. The molecular formula is C27H19Cl3N2O4S. The number of amides is 1. The van der Waals surface area contributed by atoms with Crippen molar-refractivity contribution in [2.45, 2.75) is 4.90 Å². The van der Waals surface area contributed by atoms with Crippen molar-refractivity contribution in [3.8, 4) is 0 Å². The number of rotatable bonds is 8. The normalized spacial score (nSPS) is 11.1. The third-order valence-corrected chi connectivity index (χ3v) is 8.11. The van der Waals surface area contributed by atoms with Crippen molar-refractivity contribution in [1.82, 2.24) is 0 Å². The minimum atomic E-state index is -4.16. The molecular weight excluding hydrogens is 555 g/mol. The van der Waals surface area contributed by atoms with E-state index in [-0.39, 0.29) is 37.7 Å². The second-order valence-electron chi connectivity index (χ2n) is 7.86. The summed E-state index contributed by atoms with van der Waals surface area (Å²) < 4.78 is 28.0. The maximum atomic E-state index is 13.5. The van der Waals surface area contributed by atoms with Crippen molar-refractivity contribution in [2.75, 3.05) is 16.2 Å². The van der Waals surface area contributed by atoms with Gasteiger partial charge >= 0.3 is 0 Å². The Morgan fingerprint density at radius 3 is 2.05 bits per heavy atom. The van der Waals surface area contributed by atoms with Gasteiger partial charge in [0, 0.05) is 16.1 Å². The fourth-order valence-corrected chi connectivity index (χ4v) is 5.45. The predicted molar refractivity (Wildman–Crippen MR) is 147 cm³/mol. The number of carbonyl (C=O) groups excluding carboxylic acids is 2. The fraction of sp³-hybridized carbons (Fsp3) is 0.0370. The lowest BCUT2D eigenvalue weighted by molar-refractivity contribution is -0.114. The highest BCUT2D eigenvalue weighted by Gasteiger charge is 2.28. The Labute approximate surface area is 229 Å². The molecule has 0 aliphatic heterocycles. The first-order chi connectivity index (χ1) is 17.7. The SMILES string of the molecule is O=C(CN(c1ccc(Cl)c(Cl)c1)S(=O)(=O)c1ccccc1)Nc1ccc(Cl)cc1C(=O)c1ccccc1. The number of anilines is 2. The summed E-state index contributed by atoms with van der Waals surface area (Å²) in [5.74, 6) is -1.04. The lowest BCUT2D eigenvalue weighted by Gasteiger charge is -2.24. The van der Waals surface area contributed by atoms with Crippen molar-refractivity contribution in [1.29, 1.82) is 0 Å². The van der Waals surface area contributed by atoms with Crippen LogP contribution in [0.3, 0.4) is 0 Å². The molecule has 0 aliphatic carbocycles. The molecule has 37 heavy (non-hydrogen) atoms. The van der Waals surface area contributed by atoms with Gasteiger partial charge in [0.25, 0.3) is 10.0 Å². The molecule has 0 radical (unpaired) electrons. The van der Waals surface area contributed by atoms with Crippen LogP contribution in [0.25, 0.3) is 0 Å². The van der Waals surface area contributed by atoms with Crippen LogP contribution in [0.5, 0.6) is 0 Å². The largest absolute Gasteiger partial charge is 0.324 e. The average Bonchev–Trinajstić information content (AvgIpc) is 2.90.